The minimum atomic E-state index is -0.0274. The summed E-state index contributed by atoms with van der Waals surface area (Å²) in [7, 11) is 0. The van der Waals surface area contributed by atoms with Crippen LogP contribution in [0.4, 0.5) is 5.69 Å². The molecule has 1 heterocycles. The average molecular weight is 458 g/mol. The van der Waals surface area contributed by atoms with Crippen LogP contribution in [0, 0.1) is 13.8 Å². The molecule has 0 saturated carbocycles. The first-order valence-electron chi connectivity index (χ1n) is 11.6. The zero-order chi connectivity index (χ0) is 23.9. The zero-order valence-corrected chi connectivity index (χ0v) is 19.8. The Hall–Kier alpha value is -3.64. The molecule has 1 N–H and O–H groups in total. The second-order valence-corrected chi connectivity index (χ2v) is 8.69. The molecule has 0 aliphatic carbocycles. The molecule has 4 rings (SSSR count). The summed E-state index contributed by atoms with van der Waals surface area (Å²) in [4.78, 5) is 29.6. The van der Waals surface area contributed by atoms with Crippen molar-refractivity contribution in [1.29, 1.82) is 0 Å². The molecule has 0 bridgehead atoms. The maximum atomic E-state index is 13.0. The third-order valence-corrected chi connectivity index (χ3v) is 6.10. The molecule has 1 saturated heterocycles. The van der Waals surface area contributed by atoms with Crippen LogP contribution in [-0.2, 0) is 11.4 Å². The Balaban J connectivity index is 1.27. The number of aryl methyl sites for hydroxylation is 2. The Kier molecular flexibility index (Phi) is 7.60. The predicted octanol–water partition coefficient (Wildman–Crippen LogP) is 4.28. The van der Waals surface area contributed by atoms with Crippen LogP contribution in [0.25, 0.3) is 0 Å². The highest BCUT2D eigenvalue weighted by Gasteiger charge is 2.24. The van der Waals surface area contributed by atoms with Crippen molar-refractivity contribution in [3.63, 3.8) is 0 Å². The third-order valence-electron chi connectivity index (χ3n) is 6.10. The summed E-state index contributed by atoms with van der Waals surface area (Å²) in [6.07, 6.45) is 0. The fraction of sp³-hybridized carbons (Fsp3) is 0.286. The van der Waals surface area contributed by atoms with Crippen molar-refractivity contribution in [2.45, 2.75) is 20.5 Å². The molecule has 3 aromatic rings. The van der Waals surface area contributed by atoms with E-state index in [1.54, 1.807) is 6.07 Å². The highest BCUT2D eigenvalue weighted by molar-refractivity contribution is 5.95. The topological polar surface area (TPSA) is 61.9 Å². The van der Waals surface area contributed by atoms with Gasteiger partial charge in [0.2, 0.25) is 5.91 Å². The summed E-state index contributed by atoms with van der Waals surface area (Å²) >= 11 is 0. The first-order chi connectivity index (χ1) is 16.5. The van der Waals surface area contributed by atoms with Gasteiger partial charge in [0, 0.05) is 37.4 Å². The quantitative estimate of drug-likeness (QED) is 0.575. The molecule has 6 heteroatoms. The Labute approximate surface area is 201 Å². The van der Waals surface area contributed by atoms with Crippen molar-refractivity contribution in [1.82, 2.24) is 9.80 Å². The first-order valence-corrected chi connectivity index (χ1v) is 11.6. The standard InChI is InChI=1S/C28H31N3O3/c1-21-8-6-9-22(2)27(21)29-26(32)19-30-14-16-31(17-15-30)28(33)24-12-7-13-25(18-24)34-20-23-10-4-3-5-11-23/h3-13,18H,14-17,19-20H2,1-2H3,(H,29,32). The minimum absolute atomic E-state index is 0.00945. The van der Waals surface area contributed by atoms with Crippen molar-refractivity contribution in [3.8, 4) is 5.75 Å². The van der Waals surface area contributed by atoms with Crippen molar-refractivity contribution >= 4 is 17.5 Å². The van der Waals surface area contributed by atoms with Crippen molar-refractivity contribution in [3.05, 3.63) is 95.1 Å². The fourth-order valence-electron chi connectivity index (χ4n) is 4.15. The Morgan fingerprint density at radius 2 is 1.53 bits per heavy atom. The summed E-state index contributed by atoms with van der Waals surface area (Å²) < 4.78 is 5.87. The number of anilines is 1. The second kappa shape index (κ2) is 11.0. The van der Waals surface area contributed by atoms with Crippen LogP contribution in [0.5, 0.6) is 5.75 Å². The third kappa shape index (κ3) is 6.02. The molecule has 0 atom stereocenters. The van der Waals surface area contributed by atoms with Gasteiger partial charge in [-0.05, 0) is 48.7 Å². The molecular formula is C28H31N3O3. The van der Waals surface area contributed by atoms with E-state index in [0.717, 1.165) is 22.4 Å². The zero-order valence-electron chi connectivity index (χ0n) is 19.8. The summed E-state index contributed by atoms with van der Waals surface area (Å²) in [6, 6.07) is 23.3. The lowest BCUT2D eigenvalue weighted by Crippen LogP contribution is -2.50. The van der Waals surface area contributed by atoms with Crippen LogP contribution < -0.4 is 10.1 Å². The lowest BCUT2D eigenvalue weighted by molar-refractivity contribution is -0.117. The number of para-hydroxylation sites is 1. The lowest BCUT2D eigenvalue weighted by atomic mass is 10.1. The average Bonchev–Trinajstić information content (AvgIpc) is 2.86. The molecule has 0 aromatic heterocycles. The lowest BCUT2D eigenvalue weighted by Gasteiger charge is -2.34. The molecule has 1 fully saturated rings. The number of rotatable bonds is 7. The molecule has 0 unspecified atom stereocenters. The highest BCUT2D eigenvalue weighted by Crippen LogP contribution is 2.20. The predicted molar refractivity (Wildman–Crippen MR) is 134 cm³/mol. The summed E-state index contributed by atoms with van der Waals surface area (Å²) in [6.45, 7) is 7.27. The fourth-order valence-corrected chi connectivity index (χ4v) is 4.15. The maximum absolute atomic E-state index is 13.0. The van der Waals surface area contributed by atoms with Gasteiger partial charge in [0.15, 0.2) is 0 Å². The number of ether oxygens (including phenoxy) is 1. The normalized spacial score (nSPS) is 14.0. The van der Waals surface area contributed by atoms with E-state index in [-0.39, 0.29) is 11.8 Å². The van der Waals surface area contributed by atoms with E-state index < -0.39 is 0 Å². The van der Waals surface area contributed by atoms with E-state index in [2.05, 4.69) is 10.2 Å². The monoisotopic (exact) mass is 457 g/mol. The molecule has 0 radical (unpaired) electrons. The van der Waals surface area contributed by atoms with Gasteiger partial charge in [-0.3, -0.25) is 14.5 Å². The minimum Gasteiger partial charge on any atom is -0.489 e. The molecule has 1 aliphatic heterocycles. The largest absolute Gasteiger partial charge is 0.489 e. The Bertz CT molecular complexity index is 1120. The number of nitrogens with zero attached hydrogens (tertiary/aromatic N) is 2. The van der Waals surface area contributed by atoms with Gasteiger partial charge < -0.3 is 15.0 Å². The number of benzene rings is 3. The second-order valence-electron chi connectivity index (χ2n) is 8.69. The Morgan fingerprint density at radius 1 is 0.853 bits per heavy atom. The summed E-state index contributed by atoms with van der Waals surface area (Å²) in [5.41, 5.74) is 4.69. The molecule has 3 aromatic carbocycles. The van der Waals surface area contributed by atoms with Crippen LogP contribution in [-0.4, -0.2) is 54.3 Å². The van der Waals surface area contributed by atoms with Crippen LogP contribution in [0.3, 0.4) is 0 Å². The molecule has 176 valence electrons. The molecule has 2 amide bonds. The molecule has 6 nitrogen and oxygen atoms in total. The van der Waals surface area contributed by atoms with Crippen LogP contribution in [0.15, 0.2) is 72.8 Å². The van der Waals surface area contributed by atoms with Gasteiger partial charge in [0.1, 0.15) is 12.4 Å². The number of carbonyl (C=O) groups is 2. The number of carbonyl (C=O) groups excluding carboxylic acids is 2. The van der Waals surface area contributed by atoms with Crippen molar-refractivity contribution in [2.24, 2.45) is 0 Å². The van der Waals surface area contributed by atoms with Gasteiger partial charge in [-0.1, -0.05) is 54.6 Å². The number of nitrogens with one attached hydrogen (secondary N) is 1. The van der Waals surface area contributed by atoms with Crippen LogP contribution in [0.2, 0.25) is 0 Å². The molecule has 0 spiro atoms. The smallest absolute Gasteiger partial charge is 0.254 e. The van der Waals surface area contributed by atoms with E-state index in [1.807, 2.05) is 85.5 Å². The van der Waals surface area contributed by atoms with Gasteiger partial charge in [-0.15, -0.1) is 0 Å². The molecule has 1 aliphatic rings. The highest BCUT2D eigenvalue weighted by atomic mass is 16.5. The van der Waals surface area contributed by atoms with E-state index >= 15 is 0 Å². The van der Waals surface area contributed by atoms with Crippen molar-refractivity contribution < 1.29 is 14.3 Å². The SMILES string of the molecule is Cc1cccc(C)c1NC(=O)CN1CCN(C(=O)c2cccc(OCc3ccccc3)c2)CC1. The van der Waals surface area contributed by atoms with Crippen LogP contribution >= 0.6 is 0 Å². The van der Waals surface area contributed by atoms with Gasteiger partial charge in [0.05, 0.1) is 6.54 Å². The summed E-state index contributed by atoms with van der Waals surface area (Å²) in [5, 5.41) is 3.04. The molecule has 34 heavy (non-hydrogen) atoms. The van der Waals surface area contributed by atoms with Crippen molar-refractivity contribution in [2.75, 3.05) is 38.0 Å². The van der Waals surface area contributed by atoms with Gasteiger partial charge in [-0.2, -0.15) is 0 Å². The Morgan fingerprint density at radius 3 is 2.24 bits per heavy atom. The molecular weight excluding hydrogens is 426 g/mol. The van der Waals surface area contributed by atoms with E-state index in [1.165, 1.54) is 0 Å². The maximum Gasteiger partial charge on any atom is 0.254 e. The van der Waals surface area contributed by atoms with E-state index in [0.29, 0.717) is 50.6 Å². The van der Waals surface area contributed by atoms with E-state index in [4.69, 9.17) is 4.74 Å². The number of hydrogen-bond acceptors (Lipinski definition) is 4. The number of piperazine rings is 1. The first kappa shape index (κ1) is 23.5. The summed E-state index contributed by atoms with van der Waals surface area (Å²) in [5.74, 6) is 0.641. The number of hydrogen-bond donors (Lipinski definition) is 1. The van der Waals surface area contributed by atoms with Crippen LogP contribution in [0.1, 0.15) is 27.0 Å². The number of amides is 2. The van der Waals surface area contributed by atoms with E-state index in [9.17, 15) is 9.59 Å². The van der Waals surface area contributed by atoms with Gasteiger partial charge in [0.25, 0.3) is 5.91 Å². The van der Waals surface area contributed by atoms with Gasteiger partial charge >= 0.3 is 0 Å². The van der Waals surface area contributed by atoms with Gasteiger partial charge in [-0.25, -0.2) is 0 Å².